The van der Waals surface area contributed by atoms with Gasteiger partial charge in [-0.2, -0.15) is 0 Å². The normalized spacial score (nSPS) is 10.4. The minimum absolute atomic E-state index is 0.0174. The molecule has 0 heterocycles. The molecule has 2 rings (SSSR count). The standard InChI is InChI=1S/C21H26N2O2/c1-5-22(19-9-7-6-8-10-19)21(25)13-14-23(18(4)24)20-12-11-16(2)17(3)15-20/h6-12,15H,5,13-14H2,1-4H3. The Kier molecular flexibility index (Phi) is 6.34. The molecule has 0 saturated carbocycles. The van der Waals surface area contributed by atoms with Gasteiger partial charge in [-0.1, -0.05) is 24.3 Å². The number of para-hydroxylation sites is 1. The van der Waals surface area contributed by atoms with E-state index < -0.39 is 0 Å². The number of nitrogens with zero attached hydrogens (tertiary/aromatic N) is 2. The molecule has 0 aliphatic rings. The lowest BCUT2D eigenvalue weighted by Crippen LogP contribution is -2.36. The molecule has 0 unspecified atom stereocenters. The average Bonchev–Trinajstić information content (AvgIpc) is 2.59. The van der Waals surface area contributed by atoms with Crippen molar-refractivity contribution in [3.05, 3.63) is 59.7 Å². The Balaban J connectivity index is 2.11. The van der Waals surface area contributed by atoms with Crippen LogP contribution < -0.4 is 9.80 Å². The van der Waals surface area contributed by atoms with Crippen molar-refractivity contribution in [2.45, 2.75) is 34.1 Å². The molecule has 2 aromatic rings. The maximum atomic E-state index is 12.6. The predicted molar refractivity (Wildman–Crippen MR) is 103 cm³/mol. The molecule has 0 radical (unpaired) electrons. The van der Waals surface area contributed by atoms with Crippen molar-refractivity contribution in [3.8, 4) is 0 Å². The third-order valence-corrected chi connectivity index (χ3v) is 4.42. The number of amides is 2. The van der Waals surface area contributed by atoms with Gasteiger partial charge in [0, 0.05) is 37.8 Å². The van der Waals surface area contributed by atoms with E-state index in [-0.39, 0.29) is 18.2 Å². The SMILES string of the molecule is CCN(C(=O)CCN(C(C)=O)c1ccc(C)c(C)c1)c1ccccc1. The molecule has 0 saturated heterocycles. The molecule has 0 aliphatic carbocycles. The van der Waals surface area contributed by atoms with Crippen molar-refractivity contribution >= 4 is 23.2 Å². The van der Waals surface area contributed by atoms with Gasteiger partial charge in [-0.05, 0) is 56.2 Å². The Labute approximate surface area is 150 Å². The van der Waals surface area contributed by atoms with Crippen LogP contribution in [0.1, 0.15) is 31.4 Å². The molecule has 0 fully saturated rings. The van der Waals surface area contributed by atoms with E-state index >= 15 is 0 Å². The van der Waals surface area contributed by atoms with Crippen LogP contribution in [-0.4, -0.2) is 24.9 Å². The van der Waals surface area contributed by atoms with Crippen LogP contribution in [0.3, 0.4) is 0 Å². The lowest BCUT2D eigenvalue weighted by molar-refractivity contribution is -0.118. The van der Waals surface area contributed by atoms with E-state index in [9.17, 15) is 9.59 Å². The summed E-state index contributed by atoms with van der Waals surface area (Å²) in [7, 11) is 0. The Hall–Kier alpha value is -2.62. The van der Waals surface area contributed by atoms with Gasteiger partial charge in [-0.25, -0.2) is 0 Å². The predicted octanol–water partition coefficient (Wildman–Crippen LogP) is 4.10. The molecule has 4 nitrogen and oxygen atoms in total. The summed E-state index contributed by atoms with van der Waals surface area (Å²) in [4.78, 5) is 28.1. The summed E-state index contributed by atoms with van der Waals surface area (Å²) in [6.45, 7) is 8.54. The van der Waals surface area contributed by atoms with Crippen molar-refractivity contribution < 1.29 is 9.59 Å². The summed E-state index contributed by atoms with van der Waals surface area (Å²) in [5, 5.41) is 0. The Morgan fingerprint density at radius 2 is 1.56 bits per heavy atom. The van der Waals surface area contributed by atoms with Gasteiger partial charge in [0.25, 0.3) is 0 Å². The maximum Gasteiger partial charge on any atom is 0.228 e. The molecule has 132 valence electrons. The van der Waals surface area contributed by atoms with E-state index in [1.54, 1.807) is 9.80 Å². The molecular weight excluding hydrogens is 312 g/mol. The highest BCUT2D eigenvalue weighted by Gasteiger charge is 2.18. The van der Waals surface area contributed by atoms with E-state index in [0.717, 1.165) is 16.9 Å². The zero-order chi connectivity index (χ0) is 18.4. The smallest absolute Gasteiger partial charge is 0.228 e. The zero-order valence-electron chi connectivity index (χ0n) is 15.5. The number of benzene rings is 2. The summed E-state index contributed by atoms with van der Waals surface area (Å²) < 4.78 is 0. The first kappa shape index (κ1) is 18.7. The molecule has 4 heteroatoms. The van der Waals surface area contributed by atoms with E-state index in [0.29, 0.717) is 13.1 Å². The van der Waals surface area contributed by atoms with Gasteiger partial charge in [0.2, 0.25) is 11.8 Å². The van der Waals surface area contributed by atoms with Crippen LogP contribution in [0.2, 0.25) is 0 Å². The largest absolute Gasteiger partial charge is 0.313 e. The van der Waals surface area contributed by atoms with Crippen LogP contribution in [0.5, 0.6) is 0 Å². The number of aryl methyl sites for hydroxylation is 2. The fourth-order valence-electron chi connectivity index (χ4n) is 2.82. The maximum absolute atomic E-state index is 12.6. The van der Waals surface area contributed by atoms with Gasteiger partial charge >= 0.3 is 0 Å². The Bertz CT molecular complexity index is 741. The molecular formula is C21H26N2O2. The van der Waals surface area contributed by atoms with Gasteiger partial charge in [0.15, 0.2) is 0 Å². The fraction of sp³-hybridized carbons (Fsp3) is 0.333. The molecule has 0 N–H and O–H groups in total. The topological polar surface area (TPSA) is 40.6 Å². The number of carbonyl (C=O) groups excluding carboxylic acids is 2. The minimum atomic E-state index is -0.0567. The highest BCUT2D eigenvalue weighted by atomic mass is 16.2. The number of carbonyl (C=O) groups is 2. The lowest BCUT2D eigenvalue weighted by atomic mass is 10.1. The highest BCUT2D eigenvalue weighted by molar-refractivity contribution is 5.96. The van der Waals surface area contributed by atoms with E-state index in [1.165, 1.54) is 12.5 Å². The molecule has 2 aromatic carbocycles. The van der Waals surface area contributed by atoms with Gasteiger partial charge in [-0.15, -0.1) is 0 Å². The van der Waals surface area contributed by atoms with Crippen molar-refractivity contribution in [2.24, 2.45) is 0 Å². The molecule has 0 bridgehead atoms. The van der Waals surface area contributed by atoms with Crippen molar-refractivity contribution in [1.82, 2.24) is 0 Å². The van der Waals surface area contributed by atoms with Crippen LogP contribution in [0.4, 0.5) is 11.4 Å². The first-order valence-electron chi connectivity index (χ1n) is 8.64. The highest BCUT2D eigenvalue weighted by Crippen LogP contribution is 2.20. The molecule has 0 atom stereocenters. The van der Waals surface area contributed by atoms with Crippen molar-refractivity contribution in [3.63, 3.8) is 0 Å². The Morgan fingerprint density at radius 3 is 2.12 bits per heavy atom. The summed E-state index contributed by atoms with van der Waals surface area (Å²) in [5.41, 5.74) is 4.04. The monoisotopic (exact) mass is 338 g/mol. The fourth-order valence-corrected chi connectivity index (χ4v) is 2.82. The molecule has 0 spiro atoms. The average molecular weight is 338 g/mol. The molecule has 0 aliphatic heterocycles. The van der Waals surface area contributed by atoms with Gasteiger partial charge < -0.3 is 9.80 Å². The van der Waals surface area contributed by atoms with E-state index in [2.05, 4.69) is 0 Å². The Morgan fingerprint density at radius 1 is 0.880 bits per heavy atom. The van der Waals surface area contributed by atoms with Gasteiger partial charge in [0.05, 0.1) is 0 Å². The van der Waals surface area contributed by atoms with Crippen molar-refractivity contribution in [1.29, 1.82) is 0 Å². The second kappa shape index (κ2) is 8.47. The van der Waals surface area contributed by atoms with Gasteiger partial charge in [-0.3, -0.25) is 9.59 Å². The number of anilines is 2. The summed E-state index contributed by atoms with van der Waals surface area (Å²) in [6.07, 6.45) is 0.287. The van der Waals surface area contributed by atoms with E-state index in [1.807, 2.05) is 69.3 Å². The van der Waals surface area contributed by atoms with Crippen molar-refractivity contribution in [2.75, 3.05) is 22.9 Å². The lowest BCUT2D eigenvalue weighted by Gasteiger charge is -2.25. The van der Waals surface area contributed by atoms with Crippen LogP contribution >= 0.6 is 0 Å². The second-order valence-corrected chi connectivity index (χ2v) is 6.16. The molecule has 2 amide bonds. The summed E-state index contributed by atoms with van der Waals surface area (Å²) in [6, 6.07) is 15.5. The second-order valence-electron chi connectivity index (χ2n) is 6.16. The minimum Gasteiger partial charge on any atom is -0.313 e. The van der Waals surface area contributed by atoms with Crippen LogP contribution in [0, 0.1) is 13.8 Å². The third kappa shape index (κ3) is 4.69. The van der Waals surface area contributed by atoms with Crippen LogP contribution in [0.25, 0.3) is 0 Å². The summed E-state index contributed by atoms with van der Waals surface area (Å²) in [5.74, 6) is -0.0393. The number of hydrogen-bond acceptors (Lipinski definition) is 2. The quantitative estimate of drug-likeness (QED) is 0.795. The zero-order valence-corrected chi connectivity index (χ0v) is 15.5. The molecule has 0 aromatic heterocycles. The van der Waals surface area contributed by atoms with Crippen LogP contribution in [-0.2, 0) is 9.59 Å². The molecule has 25 heavy (non-hydrogen) atoms. The van der Waals surface area contributed by atoms with E-state index in [4.69, 9.17) is 0 Å². The van der Waals surface area contributed by atoms with Crippen LogP contribution in [0.15, 0.2) is 48.5 Å². The third-order valence-electron chi connectivity index (χ3n) is 4.42. The summed E-state index contributed by atoms with van der Waals surface area (Å²) >= 11 is 0. The first-order valence-corrected chi connectivity index (χ1v) is 8.64. The van der Waals surface area contributed by atoms with Gasteiger partial charge in [0.1, 0.15) is 0 Å². The number of hydrogen-bond donors (Lipinski definition) is 0. The first-order chi connectivity index (χ1) is 11.9. The number of rotatable bonds is 6.